The number of pyridine rings is 1. The van der Waals surface area contributed by atoms with Crippen molar-refractivity contribution >= 4 is 23.0 Å². The van der Waals surface area contributed by atoms with Crippen LogP contribution in [0.1, 0.15) is 68.3 Å². The van der Waals surface area contributed by atoms with Gasteiger partial charge in [-0.2, -0.15) is 0 Å². The van der Waals surface area contributed by atoms with Gasteiger partial charge in [0.25, 0.3) is 0 Å². The summed E-state index contributed by atoms with van der Waals surface area (Å²) in [6.45, 7) is 10.9. The zero-order chi connectivity index (χ0) is 27.3. The predicted octanol–water partition coefficient (Wildman–Crippen LogP) is 5.53. The molecule has 1 aromatic carbocycles. The molecule has 8 heteroatoms. The maximum atomic E-state index is 13.3. The number of ether oxygens (including phenoxy) is 2. The maximum Gasteiger partial charge on any atom is 0.410 e. The smallest absolute Gasteiger partial charge is 0.410 e. The molecule has 3 aromatic rings. The number of hydrogen-bond donors (Lipinski definition) is 1. The number of carbonyl (C=O) groups excluding carboxylic acids is 2. The molecule has 0 aliphatic carbocycles. The van der Waals surface area contributed by atoms with Gasteiger partial charge in [-0.15, -0.1) is 0 Å². The number of hydrogen-bond acceptors (Lipinski definition) is 5. The van der Waals surface area contributed by atoms with Crippen LogP contribution in [0.25, 0.3) is 22.2 Å². The molecule has 0 unspecified atom stereocenters. The van der Waals surface area contributed by atoms with E-state index < -0.39 is 5.60 Å². The van der Waals surface area contributed by atoms with Crippen LogP contribution in [0.4, 0.5) is 4.79 Å². The maximum absolute atomic E-state index is 13.3. The van der Waals surface area contributed by atoms with Gasteiger partial charge in [0.1, 0.15) is 11.2 Å². The van der Waals surface area contributed by atoms with Gasteiger partial charge in [-0.25, -0.2) is 9.78 Å². The van der Waals surface area contributed by atoms with Crippen LogP contribution in [-0.2, 0) is 27.2 Å². The molecular formula is C31H38N4O4. The van der Waals surface area contributed by atoms with E-state index in [4.69, 9.17) is 9.47 Å². The van der Waals surface area contributed by atoms with Gasteiger partial charge in [0.05, 0.1) is 18.6 Å². The van der Waals surface area contributed by atoms with Crippen LogP contribution in [0.2, 0.25) is 0 Å². The average Bonchev–Trinajstić information content (AvgIpc) is 3.68. The molecule has 0 spiro atoms. The molecule has 0 radical (unpaired) electrons. The van der Waals surface area contributed by atoms with E-state index in [0.29, 0.717) is 32.8 Å². The molecule has 2 atom stereocenters. The fourth-order valence-corrected chi connectivity index (χ4v) is 6.26. The highest BCUT2D eigenvalue weighted by atomic mass is 16.6. The normalized spacial score (nSPS) is 21.4. The van der Waals surface area contributed by atoms with E-state index in [1.165, 1.54) is 11.1 Å². The Bertz CT molecular complexity index is 1420. The van der Waals surface area contributed by atoms with Gasteiger partial charge in [-0.1, -0.05) is 6.07 Å². The lowest BCUT2D eigenvalue weighted by molar-refractivity contribution is -0.136. The largest absolute Gasteiger partial charge is 0.444 e. The summed E-state index contributed by atoms with van der Waals surface area (Å²) >= 11 is 0. The minimum absolute atomic E-state index is 0.0543. The SMILES string of the molecule is Cc1c[nH]c2ncc(-c3cc4c(c([C@@H]5CCCN5C(=O)OC(C)(C)C)c3)CN(C(=O)[C@@H]3CCOC3)CC4)cc12. The standard InChI is InChI=1S/C31H38N4O4/c1-19-15-32-28-24(19)14-23(16-33-28)22-12-20-7-10-34(29(36)21-8-11-38-18-21)17-26(20)25(13-22)27-6-5-9-35(27)30(37)39-31(2,3)4/h12-16,21,27H,5-11,17-18H2,1-4H3,(H,32,33)/t21-,27+/m1/s1. The molecule has 0 bridgehead atoms. The number of carbonyl (C=O) groups is 2. The number of benzene rings is 1. The van der Waals surface area contributed by atoms with Gasteiger partial charge in [-0.3, -0.25) is 4.79 Å². The van der Waals surface area contributed by atoms with E-state index in [-0.39, 0.29) is 24.0 Å². The quantitative estimate of drug-likeness (QED) is 0.481. The molecule has 2 saturated heterocycles. The van der Waals surface area contributed by atoms with Crippen LogP contribution >= 0.6 is 0 Å². The van der Waals surface area contributed by atoms with Crippen molar-refractivity contribution < 1.29 is 19.1 Å². The molecule has 8 nitrogen and oxygen atoms in total. The summed E-state index contributed by atoms with van der Waals surface area (Å²) in [5.74, 6) is 0.127. The van der Waals surface area contributed by atoms with Crippen molar-refractivity contribution in [3.8, 4) is 11.1 Å². The number of nitrogens with zero attached hydrogens (tertiary/aromatic N) is 3. The zero-order valence-corrected chi connectivity index (χ0v) is 23.4. The van der Waals surface area contributed by atoms with Crippen molar-refractivity contribution in [3.05, 3.63) is 52.8 Å². The Hall–Kier alpha value is -3.39. The highest BCUT2D eigenvalue weighted by Crippen LogP contribution is 2.40. The molecule has 5 heterocycles. The molecular weight excluding hydrogens is 492 g/mol. The van der Waals surface area contributed by atoms with Crippen LogP contribution in [0.15, 0.2) is 30.6 Å². The molecule has 3 aliphatic rings. The van der Waals surface area contributed by atoms with Crippen LogP contribution in [0, 0.1) is 12.8 Å². The Labute approximate surface area is 229 Å². The van der Waals surface area contributed by atoms with Crippen molar-refractivity contribution in [2.24, 2.45) is 5.92 Å². The Morgan fingerprint density at radius 3 is 2.74 bits per heavy atom. The van der Waals surface area contributed by atoms with E-state index in [1.54, 1.807) is 0 Å². The third-order valence-electron chi connectivity index (χ3n) is 8.28. The lowest BCUT2D eigenvalue weighted by Crippen LogP contribution is -2.41. The zero-order valence-electron chi connectivity index (χ0n) is 23.4. The predicted molar refractivity (Wildman–Crippen MR) is 149 cm³/mol. The van der Waals surface area contributed by atoms with Crippen molar-refractivity contribution in [2.45, 2.75) is 71.6 Å². The Balaban J connectivity index is 1.41. The lowest BCUT2D eigenvalue weighted by atomic mass is 9.86. The minimum atomic E-state index is -0.562. The second kappa shape index (κ2) is 9.97. The van der Waals surface area contributed by atoms with Gasteiger partial charge in [-0.05, 0) is 93.3 Å². The number of fused-ring (bicyclic) bond motifs is 2. The molecule has 2 aromatic heterocycles. The number of aryl methyl sites for hydroxylation is 1. The highest BCUT2D eigenvalue weighted by molar-refractivity contribution is 5.85. The van der Waals surface area contributed by atoms with Gasteiger partial charge in [0.15, 0.2) is 0 Å². The fourth-order valence-electron chi connectivity index (χ4n) is 6.26. The topological polar surface area (TPSA) is 87.8 Å². The van der Waals surface area contributed by atoms with E-state index in [2.05, 4.69) is 35.1 Å². The molecule has 2 amide bonds. The third kappa shape index (κ3) is 5.02. The number of amides is 2. The third-order valence-corrected chi connectivity index (χ3v) is 8.28. The molecule has 6 rings (SSSR count). The summed E-state index contributed by atoms with van der Waals surface area (Å²) in [6.07, 6.45) is 6.99. The van der Waals surface area contributed by atoms with Crippen LogP contribution in [0.5, 0.6) is 0 Å². The number of aromatic nitrogens is 2. The van der Waals surface area contributed by atoms with Crippen molar-refractivity contribution in [3.63, 3.8) is 0 Å². The number of nitrogens with one attached hydrogen (secondary N) is 1. The first-order valence-electron chi connectivity index (χ1n) is 14.1. The lowest BCUT2D eigenvalue weighted by Gasteiger charge is -2.35. The molecule has 0 saturated carbocycles. The van der Waals surface area contributed by atoms with Crippen LogP contribution < -0.4 is 0 Å². The Morgan fingerprint density at radius 2 is 1.97 bits per heavy atom. The van der Waals surface area contributed by atoms with Crippen molar-refractivity contribution in [2.75, 3.05) is 26.3 Å². The molecule has 1 N–H and O–H groups in total. The summed E-state index contributed by atoms with van der Waals surface area (Å²) in [7, 11) is 0. The first-order valence-corrected chi connectivity index (χ1v) is 14.1. The summed E-state index contributed by atoms with van der Waals surface area (Å²) < 4.78 is 11.3. The Kier molecular flexibility index (Phi) is 6.61. The van der Waals surface area contributed by atoms with E-state index >= 15 is 0 Å². The van der Waals surface area contributed by atoms with Crippen LogP contribution in [0.3, 0.4) is 0 Å². The van der Waals surface area contributed by atoms with Crippen molar-refractivity contribution in [1.82, 2.24) is 19.8 Å². The second-order valence-corrected chi connectivity index (χ2v) is 12.2. The van der Waals surface area contributed by atoms with Crippen LogP contribution in [-0.4, -0.2) is 63.7 Å². The molecule has 2 fully saturated rings. The number of rotatable bonds is 3. The minimum Gasteiger partial charge on any atom is -0.444 e. The Morgan fingerprint density at radius 1 is 1.13 bits per heavy atom. The van der Waals surface area contributed by atoms with E-state index in [9.17, 15) is 9.59 Å². The van der Waals surface area contributed by atoms with E-state index in [0.717, 1.165) is 59.0 Å². The first kappa shape index (κ1) is 25.9. The number of H-pyrrole nitrogens is 1. The summed E-state index contributed by atoms with van der Waals surface area (Å²) in [6, 6.07) is 6.59. The number of likely N-dealkylation sites (tertiary alicyclic amines) is 1. The summed E-state index contributed by atoms with van der Waals surface area (Å²) in [5.41, 5.74) is 7.17. The number of aromatic amines is 1. The average molecular weight is 531 g/mol. The van der Waals surface area contributed by atoms with Gasteiger partial charge >= 0.3 is 6.09 Å². The van der Waals surface area contributed by atoms with Gasteiger partial charge < -0.3 is 24.3 Å². The fraction of sp³-hybridized carbons (Fsp3) is 0.516. The summed E-state index contributed by atoms with van der Waals surface area (Å²) in [5, 5.41) is 1.11. The monoisotopic (exact) mass is 530 g/mol. The molecule has 39 heavy (non-hydrogen) atoms. The molecule has 206 valence electrons. The van der Waals surface area contributed by atoms with E-state index in [1.807, 2.05) is 43.0 Å². The van der Waals surface area contributed by atoms with Gasteiger partial charge in [0, 0.05) is 49.6 Å². The summed E-state index contributed by atoms with van der Waals surface area (Å²) in [4.78, 5) is 38.4. The highest BCUT2D eigenvalue weighted by Gasteiger charge is 2.37. The van der Waals surface area contributed by atoms with Gasteiger partial charge in [0.2, 0.25) is 5.91 Å². The molecule has 3 aliphatic heterocycles. The van der Waals surface area contributed by atoms with Crippen molar-refractivity contribution in [1.29, 1.82) is 0 Å². The second-order valence-electron chi connectivity index (χ2n) is 12.2. The first-order chi connectivity index (χ1) is 18.7.